The molecule has 160 valence electrons. The summed E-state index contributed by atoms with van der Waals surface area (Å²) >= 11 is 6.24. The SMILES string of the molecule is O=C(CN1CCCCCC1)Nc1c2c(nc3ccccc13)N(c1cccc(Cl)c1)CC2. The molecule has 0 bridgehead atoms. The van der Waals surface area contributed by atoms with Crippen LogP contribution in [0.2, 0.25) is 5.02 Å². The lowest BCUT2D eigenvalue weighted by atomic mass is 10.1. The van der Waals surface area contributed by atoms with Crippen molar-refractivity contribution in [1.82, 2.24) is 9.88 Å². The molecule has 0 unspecified atom stereocenters. The number of amides is 1. The van der Waals surface area contributed by atoms with Gasteiger partial charge in [-0.1, -0.05) is 48.7 Å². The first-order chi connectivity index (χ1) is 15.2. The molecule has 0 radical (unpaired) electrons. The highest BCUT2D eigenvalue weighted by atomic mass is 35.5. The summed E-state index contributed by atoms with van der Waals surface area (Å²) in [6.07, 6.45) is 5.71. The summed E-state index contributed by atoms with van der Waals surface area (Å²) < 4.78 is 0. The Morgan fingerprint density at radius 3 is 2.61 bits per heavy atom. The van der Waals surface area contributed by atoms with E-state index in [1.165, 1.54) is 25.7 Å². The van der Waals surface area contributed by atoms with E-state index >= 15 is 0 Å². The van der Waals surface area contributed by atoms with Crippen LogP contribution in [0, 0.1) is 0 Å². The van der Waals surface area contributed by atoms with Crippen LogP contribution in [0.3, 0.4) is 0 Å². The minimum absolute atomic E-state index is 0.0571. The normalized spacial score (nSPS) is 16.9. The molecule has 3 heterocycles. The van der Waals surface area contributed by atoms with E-state index in [0.29, 0.717) is 11.6 Å². The number of hydrogen-bond acceptors (Lipinski definition) is 4. The van der Waals surface area contributed by atoms with Crippen LogP contribution in [0.25, 0.3) is 10.9 Å². The lowest BCUT2D eigenvalue weighted by Gasteiger charge is -2.22. The van der Waals surface area contributed by atoms with E-state index in [1.807, 2.05) is 42.5 Å². The zero-order valence-corrected chi connectivity index (χ0v) is 18.4. The molecular weight excluding hydrogens is 408 g/mol. The number of nitrogens with zero attached hydrogens (tertiary/aromatic N) is 3. The van der Waals surface area contributed by atoms with Gasteiger partial charge in [0, 0.05) is 28.2 Å². The van der Waals surface area contributed by atoms with Gasteiger partial charge >= 0.3 is 0 Å². The molecule has 0 spiro atoms. The van der Waals surface area contributed by atoms with E-state index in [1.54, 1.807) is 0 Å². The van der Waals surface area contributed by atoms with Crippen LogP contribution in [0.1, 0.15) is 31.2 Å². The quantitative estimate of drug-likeness (QED) is 0.597. The highest BCUT2D eigenvalue weighted by Gasteiger charge is 2.28. The highest BCUT2D eigenvalue weighted by molar-refractivity contribution is 6.30. The third-order valence-electron chi connectivity index (χ3n) is 6.26. The Morgan fingerprint density at radius 2 is 1.81 bits per heavy atom. The first kappa shape index (κ1) is 20.3. The molecule has 1 fully saturated rings. The second-order valence-electron chi connectivity index (χ2n) is 8.43. The zero-order valence-electron chi connectivity index (χ0n) is 17.6. The number of carbonyl (C=O) groups is 1. The summed E-state index contributed by atoms with van der Waals surface area (Å²) in [4.78, 5) is 22.5. The number of para-hydroxylation sites is 1. The van der Waals surface area contributed by atoms with E-state index in [-0.39, 0.29) is 5.91 Å². The predicted molar refractivity (Wildman–Crippen MR) is 127 cm³/mol. The van der Waals surface area contributed by atoms with Gasteiger partial charge in [-0.05, 0) is 56.6 Å². The number of aromatic nitrogens is 1. The summed E-state index contributed by atoms with van der Waals surface area (Å²) in [6.45, 7) is 3.27. The van der Waals surface area contributed by atoms with Gasteiger partial charge in [0.05, 0.1) is 17.7 Å². The summed E-state index contributed by atoms with van der Waals surface area (Å²) in [5.41, 5.74) is 3.92. The maximum absolute atomic E-state index is 13.0. The number of rotatable bonds is 4. The smallest absolute Gasteiger partial charge is 0.238 e. The molecule has 31 heavy (non-hydrogen) atoms. The van der Waals surface area contributed by atoms with Gasteiger partial charge < -0.3 is 10.2 Å². The number of anilines is 3. The van der Waals surface area contributed by atoms with Crippen molar-refractivity contribution in [2.75, 3.05) is 36.4 Å². The average Bonchev–Trinajstić information content (AvgIpc) is 3.02. The number of carbonyl (C=O) groups excluding carboxylic acids is 1. The molecule has 5 nitrogen and oxygen atoms in total. The van der Waals surface area contributed by atoms with Crippen molar-refractivity contribution in [1.29, 1.82) is 0 Å². The van der Waals surface area contributed by atoms with Crippen molar-refractivity contribution in [3.05, 3.63) is 59.1 Å². The molecule has 2 aromatic carbocycles. The van der Waals surface area contributed by atoms with E-state index < -0.39 is 0 Å². The third-order valence-corrected chi connectivity index (χ3v) is 6.50. The summed E-state index contributed by atoms with van der Waals surface area (Å²) in [7, 11) is 0. The molecule has 2 aliphatic heterocycles. The molecule has 1 N–H and O–H groups in total. The van der Waals surface area contributed by atoms with Crippen molar-refractivity contribution in [2.45, 2.75) is 32.1 Å². The van der Waals surface area contributed by atoms with Gasteiger partial charge in [0.1, 0.15) is 5.82 Å². The molecule has 0 saturated carbocycles. The summed E-state index contributed by atoms with van der Waals surface area (Å²) in [5.74, 6) is 0.965. The van der Waals surface area contributed by atoms with E-state index in [0.717, 1.165) is 59.7 Å². The van der Waals surface area contributed by atoms with Crippen molar-refractivity contribution in [2.24, 2.45) is 0 Å². The lowest BCUT2D eigenvalue weighted by molar-refractivity contribution is -0.117. The first-order valence-electron chi connectivity index (χ1n) is 11.2. The van der Waals surface area contributed by atoms with Gasteiger partial charge in [-0.25, -0.2) is 4.98 Å². The monoisotopic (exact) mass is 434 g/mol. The number of hydrogen-bond donors (Lipinski definition) is 1. The molecule has 2 aliphatic rings. The van der Waals surface area contributed by atoms with Crippen molar-refractivity contribution < 1.29 is 4.79 Å². The largest absolute Gasteiger partial charge is 0.326 e. The Hall–Kier alpha value is -2.63. The minimum Gasteiger partial charge on any atom is -0.326 e. The molecule has 1 aromatic heterocycles. The minimum atomic E-state index is 0.0571. The standard InChI is InChI=1S/C25H27ClN4O/c26-18-8-7-9-19(16-18)30-15-12-21-24(20-10-3-4-11-22(20)27-25(21)30)28-23(31)17-29-13-5-1-2-6-14-29/h3-4,7-11,16H,1-2,5-6,12-15,17H2,(H,27,28,31). The second kappa shape index (κ2) is 8.85. The Morgan fingerprint density at radius 1 is 1.00 bits per heavy atom. The Kier molecular flexibility index (Phi) is 5.79. The van der Waals surface area contributed by atoms with E-state index in [9.17, 15) is 4.79 Å². The van der Waals surface area contributed by atoms with Crippen LogP contribution in [0.15, 0.2) is 48.5 Å². The molecule has 0 aliphatic carbocycles. The van der Waals surface area contributed by atoms with Crippen LogP contribution in [0.5, 0.6) is 0 Å². The van der Waals surface area contributed by atoms with Crippen LogP contribution in [0.4, 0.5) is 17.2 Å². The van der Waals surface area contributed by atoms with E-state index in [2.05, 4.69) is 21.2 Å². The van der Waals surface area contributed by atoms with Gasteiger partial charge in [0.25, 0.3) is 0 Å². The molecule has 3 aromatic rings. The fraction of sp³-hybridized carbons (Fsp3) is 0.360. The maximum atomic E-state index is 13.0. The average molecular weight is 435 g/mol. The number of fused-ring (bicyclic) bond motifs is 2. The highest BCUT2D eigenvalue weighted by Crippen LogP contribution is 2.41. The van der Waals surface area contributed by atoms with Crippen LogP contribution < -0.4 is 10.2 Å². The molecular formula is C25H27ClN4O. The molecule has 0 atom stereocenters. The first-order valence-corrected chi connectivity index (χ1v) is 11.5. The Bertz CT molecular complexity index is 1110. The van der Waals surface area contributed by atoms with Crippen molar-refractivity contribution >= 4 is 45.6 Å². The fourth-order valence-corrected chi connectivity index (χ4v) is 4.93. The lowest BCUT2D eigenvalue weighted by Crippen LogP contribution is -2.34. The number of nitrogens with one attached hydrogen (secondary N) is 1. The topological polar surface area (TPSA) is 48.5 Å². The fourth-order valence-electron chi connectivity index (χ4n) is 4.74. The Balaban J connectivity index is 1.48. The van der Waals surface area contributed by atoms with Gasteiger partial charge in [-0.2, -0.15) is 0 Å². The van der Waals surface area contributed by atoms with Gasteiger partial charge in [0.15, 0.2) is 0 Å². The number of pyridine rings is 1. The number of likely N-dealkylation sites (tertiary alicyclic amines) is 1. The Labute approximate surface area is 188 Å². The number of halogens is 1. The second-order valence-corrected chi connectivity index (χ2v) is 8.86. The number of benzene rings is 2. The summed E-state index contributed by atoms with van der Waals surface area (Å²) in [6, 6.07) is 15.9. The maximum Gasteiger partial charge on any atom is 0.238 e. The van der Waals surface area contributed by atoms with Gasteiger partial charge in [-0.15, -0.1) is 0 Å². The molecule has 5 rings (SSSR count). The molecule has 1 amide bonds. The van der Waals surface area contributed by atoms with Gasteiger partial charge in [0.2, 0.25) is 5.91 Å². The molecule has 6 heteroatoms. The van der Waals surface area contributed by atoms with Crippen LogP contribution >= 0.6 is 11.6 Å². The van der Waals surface area contributed by atoms with Crippen LogP contribution in [-0.4, -0.2) is 42.0 Å². The molecule has 1 saturated heterocycles. The predicted octanol–water partition coefficient (Wildman–Crippen LogP) is 5.40. The van der Waals surface area contributed by atoms with Gasteiger partial charge in [-0.3, -0.25) is 9.69 Å². The third kappa shape index (κ3) is 4.25. The zero-order chi connectivity index (χ0) is 21.2. The van der Waals surface area contributed by atoms with E-state index in [4.69, 9.17) is 16.6 Å². The van der Waals surface area contributed by atoms with Crippen LogP contribution in [-0.2, 0) is 11.2 Å². The summed E-state index contributed by atoms with van der Waals surface area (Å²) in [5, 5.41) is 4.97. The van der Waals surface area contributed by atoms with Crippen molar-refractivity contribution in [3.8, 4) is 0 Å². The van der Waals surface area contributed by atoms with Crippen molar-refractivity contribution in [3.63, 3.8) is 0 Å².